The van der Waals surface area contributed by atoms with E-state index in [0.717, 1.165) is 54.1 Å². The third-order valence-corrected chi connectivity index (χ3v) is 12.4. The fourth-order valence-electron chi connectivity index (χ4n) is 5.77. The summed E-state index contributed by atoms with van der Waals surface area (Å²) >= 11 is -0.480. The van der Waals surface area contributed by atoms with Crippen LogP contribution in [0.25, 0.3) is 0 Å². The van der Waals surface area contributed by atoms with Crippen LogP contribution >= 0.6 is 21.0 Å². The van der Waals surface area contributed by atoms with E-state index in [1.807, 2.05) is 18.2 Å². The van der Waals surface area contributed by atoms with Crippen molar-refractivity contribution < 1.29 is 9.85 Å². The second kappa shape index (κ2) is 13.3. The van der Waals surface area contributed by atoms with Gasteiger partial charge >= 0.3 is 0 Å². The molecular formula is C35H45IN4O4. The molecule has 0 amide bonds. The van der Waals surface area contributed by atoms with Crippen molar-refractivity contribution >= 4 is 47.3 Å². The number of hydrogen-bond donors (Lipinski definition) is 0. The van der Waals surface area contributed by atoms with Crippen molar-refractivity contribution in [1.29, 1.82) is 0 Å². The number of non-ortho nitro benzene ring substituents is 2. The Kier molecular flexibility index (Phi) is 10.2. The van der Waals surface area contributed by atoms with Gasteiger partial charge < -0.3 is 8.01 Å². The highest BCUT2D eigenvalue weighted by atomic mass is 127. The van der Waals surface area contributed by atoms with Gasteiger partial charge in [0.2, 0.25) is 0 Å². The molecule has 2 aromatic carbocycles. The molecule has 0 fully saturated rings. The zero-order chi connectivity index (χ0) is 32.4. The lowest BCUT2D eigenvalue weighted by atomic mass is 9.80. The Morgan fingerprint density at radius 1 is 0.773 bits per heavy atom. The Labute approximate surface area is 271 Å². The van der Waals surface area contributed by atoms with Crippen molar-refractivity contribution in [2.75, 3.05) is 21.1 Å². The zero-order valence-corrected chi connectivity index (χ0v) is 29.3. The topological polar surface area (TPSA) is 92.8 Å². The van der Waals surface area contributed by atoms with Gasteiger partial charge in [0.1, 0.15) is 0 Å². The average Bonchev–Trinajstić information content (AvgIpc) is 3.16. The van der Waals surface area contributed by atoms with Crippen molar-refractivity contribution in [3.05, 3.63) is 104 Å². The molecule has 2 aliphatic heterocycles. The third-order valence-electron chi connectivity index (χ3n) is 8.55. The van der Waals surface area contributed by atoms with Gasteiger partial charge in [-0.05, 0) is 54.0 Å². The molecule has 0 aromatic heterocycles. The van der Waals surface area contributed by atoms with Gasteiger partial charge in [0.25, 0.3) is 11.4 Å². The number of allylic oxidation sites excluding steroid dienone is 6. The van der Waals surface area contributed by atoms with Gasteiger partial charge in [0.15, 0.2) is 0 Å². The minimum atomic E-state index is -0.480. The van der Waals surface area contributed by atoms with Crippen molar-refractivity contribution in [2.45, 2.75) is 79.1 Å². The van der Waals surface area contributed by atoms with E-state index in [9.17, 15) is 20.2 Å². The summed E-state index contributed by atoms with van der Waals surface area (Å²) in [5.41, 5.74) is 4.81. The second-order valence-corrected chi connectivity index (χ2v) is 16.3. The zero-order valence-electron chi connectivity index (χ0n) is 27.1. The Morgan fingerprint density at radius 3 is 1.89 bits per heavy atom. The van der Waals surface area contributed by atoms with Gasteiger partial charge in [-0.1, -0.05) is 79.7 Å². The summed E-state index contributed by atoms with van der Waals surface area (Å²) in [7, 11) is 0. The number of fused-ring (bicyclic) bond motifs is 2. The average molecular weight is 713 g/mol. The van der Waals surface area contributed by atoms with Gasteiger partial charge in [-0.2, -0.15) is 0 Å². The van der Waals surface area contributed by atoms with Crippen LogP contribution in [0.4, 0.5) is 22.7 Å². The summed E-state index contributed by atoms with van der Waals surface area (Å²) in [5, 5.41) is 23.2. The molecule has 0 N–H and O–H groups in total. The molecule has 2 aliphatic rings. The fourth-order valence-corrected chi connectivity index (χ4v) is 8.86. The lowest BCUT2D eigenvalue weighted by Gasteiger charge is -2.38. The van der Waals surface area contributed by atoms with Gasteiger partial charge in [-0.25, -0.2) is 0 Å². The van der Waals surface area contributed by atoms with E-state index in [2.05, 4.69) is 87.7 Å². The molecule has 0 spiro atoms. The van der Waals surface area contributed by atoms with E-state index in [1.54, 1.807) is 24.3 Å². The first-order valence-electron chi connectivity index (χ1n) is 15.4. The van der Waals surface area contributed by atoms with Crippen molar-refractivity contribution in [2.24, 2.45) is 11.8 Å². The molecule has 236 valence electrons. The minimum absolute atomic E-state index is 0.116. The number of nitro groups is 2. The predicted molar refractivity (Wildman–Crippen MR) is 191 cm³/mol. The summed E-state index contributed by atoms with van der Waals surface area (Å²) in [6.07, 6.45) is 12.6. The highest BCUT2D eigenvalue weighted by Gasteiger charge is 2.41. The van der Waals surface area contributed by atoms with Crippen LogP contribution in [0.1, 0.15) is 79.4 Å². The molecule has 8 nitrogen and oxygen atoms in total. The largest absolute Gasteiger partial charge is 0.344 e. The molecular weight excluding hydrogens is 667 g/mol. The Hall–Kier alpha value is -3.34. The van der Waals surface area contributed by atoms with Gasteiger partial charge in [-0.3, -0.25) is 20.2 Å². The standard InChI is InChI=1S/C35H45IN4O4/c1-24(2)18-20-37-30-16-14-26(39(41)42)22-28(30)35(7,8)33(37)13-11-9-10-12-32-34(5,6)29-23-27(40(43)44)15-17-31(29)38(36-32)21-19-25(3)4/h9-17,22-25H,18-21H2,1-8H3/b11-9+,12-10+,33-13+. The maximum Gasteiger partial charge on any atom is 0.269 e. The number of nitrogens with zero attached hydrogens (tertiary/aromatic N) is 4. The Morgan fingerprint density at radius 2 is 1.32 bits per heavy atom. The number of hydrogen-bond acceptors (Lipinski definition) is 6. The molecule has 9 heteroatoms. The second-order valence-electron chi connectivity index (χ2n) is 13.5. The first kappa shape index (κ1) is 33.6. The highest BCUT2D eigenvalue weighted by Crippen LogP contribution is 2.49. The molecule has 0 atom stereocenters. The molecule has 0 radical (unpaired) electrons. The van der Waals surface area contributed by atoms with Crippen LogP contribution in [-0.4, -0.2) is 26.4 Å². The number of halogens is 1. The van der Waals surface area contributed by atoms with E-state index in [1.165, 1.54) is 3.51 Å². The van der Waals surface area contributed by atoms with Crippen LogP contribution in [0.3, 0.4) is 0 Å². The predicted octanol–water partition coefficient (Wildman–Crippen LogP) is 9.54. The maximum absolute atomic E-state index is 11.6. The van der Waals surface area contributed by atoms with Crippen LogP contribution in [0.15, 0.2) is 72.5 Å². The number of benzene rings is 2. The molecule has 0 unspecified atom stereocenters. The van der Waals surface area contributed by atoms with Crippen LogP contribution in [-0.2, 0) is 10.8 Å². The SMILES string of the molecule is CC(C)CCN1I=C(/C=C/C=C/C=C2/N(CCC(C)C)c3ccc([N+](=O)[O-])cc3C2(C)C)C(C)(C)c2cc([N+](=O)[O-])ccc21. The van der Waals surface area contributed by atoms with Gasteiger partial charge in [-0.15, -0.1) is 0 Å². The molecule has 2 aromatic rings. The van der Waals surface area contributed by atoms with E-state index in [0.29, 0.717) is 11.8 Å². The van der Waals surface area contributed by atoms with Crippen molar-refractivity contribution in [3.63, 3.8) is 0 Å². The molecule has 4 rings (SSSR count). The van der Waals surface area contributed by atoms with E-state index < -0.39 is 21.0 Å². The first-order chi connectivity index (χ1) is 20.6. The molecule has 0 saturated heterocycles. The monoisotopic (exact) mass is 712 g/mol. The highest BCUT2D eigenvalue weighted by molar-refractivity contribution is 14.2. The smallest absolute Gasteiger partial charge is 0.269 e. The first-order valence-corrected chi connectivity index (χ1v) is 17.4. The van der Waals surface area contributed by atoms with Crippen molar-refractivity contribution in [1.82, 2.24) is 0 Å². The summed E-state index contributed by atoms with van der Waals surface area (Å²) < 4.78 is 3.77. The van der Waals surface area contributed by atoms with Crippen LogP contribution in [0.5, 0.6) is 0 Å². The Bertz CT molecular complexity index is 1550. The molecule has 2 heterocycles. The van der Waals surface area contributed by atoms with Gasteiger partial charge in [0, 0.05) is 89.8 Å². The third kappa shape index (κ3) is 6.98. The Balaban J connectivity index is 1.65. The summed E-state index contributed by atoms with van der Waals surface area (Å²) in [6.45, 7) is 19.3. The number of nitro benzene ring substituents is 2. The quantitative estimate of drug-likeness (QED) is 0.0758. The van der Waals surface area contributed by atoms with Gasteiger partial charge in [0.05, 0.1) is 9.85 Å². The van der Waals surface area contributed by atoms with E-state index in [-0.39, 0.29) is 32.1 Å². The van der Waals surface area contributed by atoms with E-state index >= 15 is 0 Å². The molecule has 0 saturated carbocycles. The summed E-state index contributed by atoms with van der Waals surface area (Å²) in [5.74, 6) is 1.10. The van der Waals surface area contributed by atoms with Crippen LogP contribution < -0.4 is 8.01 Å². The minimum Gasteiger partial charge on any atom is -0.344 e. The molecule has 0 bridgehead atoms. The van der Waals surface area contributed by atoms with Crippen LogP contribution in [0, 0.1) is 32.1 Å². The van der Waals surface area contributed by atoms with Crippen LogP contribution in [0.2, 0.25) is 0 Å². The number of rotatable bonds is 11. The fraction of sp³-hybridized carbons (Fsp3) is 0.457. The lowest BCUT2D eigenvalue weighted by Crippen LogP contribution is -2.34. The molecule has 44 heavy (non-hydrogen) atoms. The normalized spacial score (nSPS) is 18.2. The van der Waals surface area contributed by atoms with E-state index in [4.69, 9.17) is 0 Å². The lowest BCUT2D eigenvalue weighted by molar-refractivity contribution is -0.385. The maximum atomic E-state index is 11.6. The summed E-state index contributed by atoms with van der Waals surface area (Å²) in [6, 6.07) is 10.5. The molecule has 0 aliphatic carbocycles. The number of anilines is 2. The van der Waals surface area contributed by atoms with Crippen molar-refractivity contribution in [3.8, 4) is 0 Å². The summed E-state index contributed by atoms with van der Waals surface area (Å²) in [4.78, 5) is 24.8.